The van der Waals surface area contributed by atoms with E-state index in [1.54, 1.807) is 0 Å². The number of aryl methyl sites for hydroxylation is 1. The summed E-state index contributed by atoms with van der Waals surface area (Å²) in [6.07, 6.45) is 1.97. The number of aliphatic hydroxyl groups is 1. The highest BCUT2D eigenvalue weighted by molar-refractivity contribution is 5.74. The fourth-order valence-corrected chi connectivity index (χ4v) is 2.09. The molecule has 1 atom stereocenters. The lowest BCUT2D eigenvalue weighted by Crippen LogP contribution is -2.38. The monoisotopic (exact) mass is 220 g/mol. The third-order valence-electron chi connectivity index (χ3n) is 2.84. The Morgan fingerprint density at radius 1 is 1.44 bits per heavy atom. The Labute approximate surface area is 94.7 Å². The summed E-state index contributed by atoms with van der Waals surface area (Å²) in [7, 11) is 0. The molecule has 0 aromatic heterocycles. The van der Waals surface area contributed by atoms with Crippen LogP contribution < -0.4 is 10.6 Å². The van der Waals surface area contributed by atoms with Crippen LogP contribution in [0.1, 0.15) is 23.6 Å². The number of nitrogens with one attached hydrogen (secondary N) is 2. The van der Waals surface area contributed by atoms with Gasteiger partial charge in [-0.05, 0) is 24.0 Å². The second-order valence-electron chi connectivity index (χ2n) is 3.91. The van der Waals surface area contributed by atoms with E-state index in [9.17, 15) is 4.79 Å². The van der Waals surface area contributed by atoms with Crippen molar-refractivity contribution >= 4 is 6.03 Å². The van der Waals surface area contributed by atoms with Crippen molar-refractivity contribution in [2.75, 3.05) is 13.2 Å². The van der Waals surface area contributed by atoms with Crippen molar-refractivity contribution in [3.05, 3.63) is 35.4 Å². The molecular formula is C12H16N2O2. The van der Waals surface area contributed by atoms with Gasteiger partial charge in [0.2, 0.25) is 0 Å². The zero-order valence-corrected chi connectivity index (χ0v) is 9.07. The van der Waals surface area contributed by atoms with Crippen molar-refractivity contribution in [2.45, 2.75) is 18.9 Å². The molecule has 4 heteroatoms. The molecule has 1 aliphatic rings. The van der Waals surface area contributed by atoms with Crippen LogP contribution >= 0.6 is 0 Å². The third kappa shape index (κ3) is 2.33. The minimum Gasteiger partial charge on any atom is -0.395 e. The van der Waals surface area contributed by atoms with Crippen molar-refractivity contribution < 1.29 is 9.90 Å². The molecule has 3 N–H and O–H groups in total. The molecule has 1 unspecified atom stereocenters. The summed E-state index contributed by atoms with van der Waals surface area (Å²) in [5.41, 5.74) is 2.52. The topological polar surface area (TPSA) is 61.4 Å². The normalized spacial score (nSPS) is 17.9. The zero-order chi connectivity index (χ0) is 11.4. The maximum Gasteiger partial charge on any atom is 0.315 e. The van der Waals surface area contributed by atoms with Gasteiger partial charge in [-0.3, -0.25) is 0 Å². The van der Waals surface area contributed by atoms with Gasteiger partial charge in [0.1, 0.15) is 0 Å². The highest BCUT2D eigenvalue weighted by Crippen LogP contribution is 2.30. The fraction of sp³-hybridized carbons (Fsp3) is 0.417. The van der Waals surface area contributed by atoms with Gasteiger partial charge in [-0.25, -0.2) is 4.79 Å². The van der Waals surface area contributed by atoms with E-state index in [4.69, 9.17) is 5.11 Å². The quantitative estimate of drug-likeness (QED) is 0.710. The first-order chi connectivity index (χ1) is 7.81. The molecule has 86 valence electrons. The first kappa shape index (κ1) is 11.0. The van der Waals surface area contributed by atoms with Crippen LogP contribution in [0.5, 0.6) is 0 Å². The maximum atomic E-state index is 11.4. The molecule has 0 aliphatic heterocycles. The largest absolute Gasteiger partial charge is 0.395 e. The van der Waals surface area contributed by atoms with Crippen LogP contribution in [0, 0.1) is 0 Å². The van der Waals surface area contributed by atoms with Gasteiger partial charge in [-0.2, -0.15) is 0 Å². The van der Waals surface area contributed by atoms with Crippen LogP contribution in [-0.4, -0.2) is 24.3 Å². The van der Waals surface area contributed by atoms with Crippen molar-refractivity contribution in [3.8, 4) is 0 Å². The molecule has 0 bridgehead atoms. The zero-order valence-electron chi connectivity index (χ0n) is 9.07. The summed E-state index contributed by atoms with van der Waals surface area (Å²) in [4.78, 5) is 11.4. The number of benzene rings is 1. The van der Waals surface area contributed by atoms with Gasteiger partial charge in [-0.1, -0.05) is 24.3 Å². The van der Waals surface area contributed by atoms with Crippen molar-refractivity contribution in [2.24, 2.45) is 0 Å². The van der Waals surface area contributed by atoms with Gasteiger partial charge in [-0.15, -0.1) is 0 Å². The molecule has 0 heterocycles. The van der Waals surface area contributed by atoms with Gasteiger partial charge in [0.05, 0.1) is 12.6 Å². The van der Waals surface area contributed by atoms with E-state index < -0.39 is 0 Å². The Bertz CT molecular complexity index is 379. The number of fused-ring (bicyclic) bond motifs is 1. The van der Waals surface area contributed by atoms with Crippen LogP contribution in [0.2, 0.25) is 0 Å². The molecule has 1 aromatic carbocycles. The Kier molecular flexibility index (Phi) is 3.41. The van der Waals surface area contributed by atoms with Gasteiger partial charge < -0.3 is 15.7 Å². The van der Waals surface area contributed by atoms with E-state index in [1.165, 1.54) is 11.1 Å². The predicted octanol–water partition coefficient (Wildman–Crippen LogP) is 0.965. The summed E-state index contributed by atoms with van der Waals surface area (Å²) in [6.45, 7) is 0.259. The second-order valence-corrected chi connectivity index (χ2v) is 3.91. The maximum absolute atomic E-state index is 11.4. The fourth-order valence-electron chi connectivity index (χ4n) is 2.09. The van der Waals surface area contributed by atoms with Crippen molar-refractivity contribution in [1.82, 2.24) is 10.6 Å². The molecule has 1 aromatic rings. The Morgan fingerprint density at radius 2 is 2.25 bits per heavy atom. The SMILES string of the molecule is O=C(NCCO)NC1CCc2ccccc21. The standard InChI is InChI=1S/C12H16N2O2/c15-8-7-13-12(16)14-11-6-5-9-3-1-2-4-10(9)11/h1-4,11,15H,5-8H2,(H2,13,14,16). The molecular weight excluding hydrogens is 204 g/mol. The first-order valence-electron chi connectivity index (χ1n) is 5.54. The molecule has 0 fully saturated rings. The molecule has 16 heavy (non-hydrogen) atoms. The highest BCUT2D eigenvalue weighted by atomic mass is 16.3. The Hall–Kier alpha value is -1.55. The molecule has 0 saturated carbocycles. The number of amides is 2. The molecule has 2 amide bonds. The van der Waals surface area contributed by atoms with E-state index in [2.05, 4.69) is 22.8 Å². The van der Waals surface area contributed by atoms with Gasteiger partial charge in [0.15, 0.2) is 0 Å². The van der Waals surface area contributed by atoms with Crippen LogP contribution in [0.15, 0.2) is 24.3 Å². The molecule has 0 radical (unpaired) electrons. The summed E-state index contributed by atoms with van der Waals surface area (Å²) in [6, 6.07) is 8.06. The number of urea groups is 1. The number of aliphatic hydroxyl groups excluding tert-OH is 1. The average molecular weight is 220 g/mol. The van der Waals surface area contributed by atoms with E-state index in [0.717, 1.165) is 12.8 Å². The summed E-state index contributed by atoms with van der Waals surface area (Å²) >= 11 is 0. The number of rotatable bonds is 3. The minimum absolute atomic E-state index is 0.0331. The summed E-state index contributed by atoms with van der Waals surface area (Å²) in [5.74, 6) is 0. The molecule has 0 saturated heterocycles. The number of carbonyl (C=O) groups excluding carboxylic acids is 1. The third-order valence-corrected chi connectivity index (χ3v) is 2.84. The van der Waals surface area contributed by atoms with Crippen LogP contribution in [0.25, 0.3) is 0 Å². The van der Waals surface area contributed by atoms with Gasteiger partial charge >= 0.3 is 6.03 Å². The van der Waals surface area contributed by atoms with Crippen molar-refractivity contribution in [1.29, 1.82) is 0 Å². The Balaban J connectivity index is 1.95. The van der Waals surface area contributed by atoms with Crippen LogP contribution in [0.4, 0.5) is 4.79 Å². The summed E-state index contributed by atoms with van der Waals surface area (Å²) in [5, 5.41) is 14.1. The minimum atomic E-state index is -0.212. The number of hydrogen-bond acceptors (Lipinski definition) is 2. The van der Waals surface area contributed by atoms with Crippen LogP contribution in [0.3, 0.4) is 0 Å². The van der Waals surface area contributed by atoms with E-state index in [-0.39, 0.29) is 18.7 Å². The summed E-state index contributed by atoms with van der Waals surface area (Å²) < 4.78 is 0. The predicted molar refractivity (Wildman–Crippen MR) is 61.1 cm³/mol. The lowest BCUT2D eigenvalue weighted by molar-refractivity contribution is 0.230. The van der Waals surface area contributed by atoms with Gasteiger partial charge in [0, 0.05) is 6.54 Å². The van der Waals surface area contributed by atoms with E-state index in [1.807, 2.05) is 12.1 Å². The molecule has 2 rings (SSSR count). The Morgan fingerprint density at radius 3 is 3.06 bits per heavy atom. The molecule has 1 aliphatic carbocycles. The van der Waals surface area contributed by atoms with E-state index >= 15 is 0 Å². The average Bonchev–Trinajstić information content (AvgIpc) is 2.70. The van der Waals surface area contributed by atoms with Crippen molar-refractivity contribution in [3.63, 3.8) is 0 Å². The molecule has 4 nitrogen and oxygen atoms in total. The molecule has 0 spiro atoms. The van der Waals surface area contributed by atoms with Gasteiger partial charge in [0.25, 0.3) is 0 Å². The first-order valence-corrected chi connectivity index (χ1v) is 5.54. The van der Waals surface area contributed by atoms with E-state index in [0.29, 0.717) is 6.54 Å². The second kappa shape index (κ2) is 4.99. The highest BCUT2D eigenvalue weighted by Gasteiger charge is 2.22. The lowest BCUT2D eigenvalue weighted by atomic mass is 10.1. The number of hydrogen-bond donors (Lipinski definition) is 3. The van der Waals surface area contributed by atoms with Crippen LogP contribution in [-0.2, 0) is 6.42 Å². The number of carbonyl (C=O) groups is 1. The lowest BCUT2D eigenvalue weighted by Gasteiger charge is -2.14. The smallest absolute Gasteiger partial charge is 0.315 e.